The molecule has 0 saturated carbocycles. The molecule has 0 aliphatic carbocycles. The van der Waals surface area contributed by atoms with Crippen LogP contribution in [0.5, 0.6) is 0 Å². The number of hydrogen-bond acceptors (Lipinski definition) is 7. The molecule has 1 amide bonds. The molecule has 3 N–H and O–H groups in total. The van der Waals surface area contributed by atoms with E-state index in [1.54, 1.807) is 30.3 Å². The Hall–Kier alpha value is -3.38. The highest BCUT2D eigenvalue weighted by Crippen LogP contribution is 2.24. The second-order valence-electron chi connectivity index (χ2n) is 7.79. The van der Waals surface area contributed by atoms with Crippen molar-refractivity contribution in [1.82, 2.24) is 9.55 Å². The standard InChI is InChI=1S/C22H29N5O6S/c1-3-11-26-20(23)19(21(29)24-22(26)30)25(13-14-33-2)18(28)10-7-16-5-8-17(9-6-16)27-12-4-15-34(27,31)32/h5-10H,3-4,11-15,23H2,1-2H3,(H,24,29,30)/b10-7+. The van der Waals surface area contributed by atoms with Crippen LogP contribution in [0.25, 0.3) is 6.08 Å². The number of nitrogens with zero attached hydrogens (tertiary/aromatic N) is 3. The van der Waals surface area contributed by atoms with Gasteiger partial charge >= 0.3 is 5.69 Å². The van der Waals surface area contributed by atoms with Crippen molar-refractivity contribution in [3.63, 3.8) is 0 Å². The second kappa shape index (κ2) is 10.7. The molecule has 34 heavy (non-hydrogen) atoms. The first-order chi connectivity index (χ1) is 16.2. The van der Waals surface area contributed by atoms with Crippen LogP contribution < -0.4 is 26.2 Å². The van der Waals surface area contributed by atoms with Crippen molar-refractivity contribution in [2.45, 2.75) is 26.3 Å². The van der Waals surface area contributed by atoms with Gasteiger partial charge in [0.05, 0.1) is 18.0 Å². The maximum Gasteiger partial charge on any atom is 0.330 e. The molecule has 0 atom stereocenters. The fourth-order valence-corrected chi connectivity index (χ4v) is 5.30. The molecule has 0 radical (unpaired) electrons. The highest BCUT2D eigenvalue weighted by Gasteiger charge is 2.28. The van der Waals surface area contributed by atoms with E-state index in [4.69, 9.17) is 10.5 Å². The van der Waals surface area contributed by atoms with Crippen LogP contribution in [0, 0.1) is 0 Å². The second-order valence-corrected chi connectivity index (χ2v) is 9.81. The minimum Gasteiger partial charge on any atom is -0.383 e. The van der Waals surface area contributed by atoms with E-state index < -0.39 is 27.2 Å². The molecule has 1 fully saturated rings. The van der Waals surface area contributed by atoms with E-state index in [9.17, 15) is 22.8 Å². The number of aromatic amines is 1. The van der Waals surface area contributed by atoms with Crippen LogP contribution in [0.2, 0.25) is 0 Å². The molecule has 2 aromatic rings. The molecule has 1 aliphatic heterocycles. The number of nitrogen functional groups attached to an aromatic ring is 1. The predicted molar refractivity (Wildman–Crippen MR) is 131 cm³/mol. The van der Waals surface area contributed by atoms with Crippen LogP contribution >= 0.6 is 0 Å². The number of nitrogens with two attached hydrogens (primary N) is 1. The number of carbonyl (C=O) groups excluding carboxylic acids is 1. The number of benzene rings is 1. The Kier molecular flexibility index (Phi) is 7.94. The number of hydrogen-bond donors (Lipinski definition) is 2. The zero-order valence-electron chi connectivity index (χ0n) is 19.2. The first-order valence-corrected chi connectivity index (χ1v) is 12.5. The molecule has 1 aromatic carbocycles. The smallest absolute Gasteiger partial charge is 0.330 e. The fraction of sp³-hybridized carbons (Fsp3) is 0.409. The number of anilines is 3. The largest absolute Gasteiger partial charge is 0.383 e. The number of rotatable bonds is 9. The molecule has 0 spiro atoms. The van der Waals surface area contributed by atoms with Crippen LogP contribution in [0.3, 0.4) is 0 Å². The summed E-state index contributed by atoms with van der Waals surface area (Å²) in [5.41, 5.74) is 5.84. The Morgan fingerprint density at radius 1 is 1.26 bits per heavy atom. The third-order valence-corrected chi connectivity index (χ3v) is 7.28. The summed E-state index contributed by atoms with van der Waals surface area (Å²) in [6.45, 7) is 2.78. The number of amides is 1. The number of aromatic nitrogens is 2. The topological polar surface area (TPSA) is 148 Å². The third kappa shape index (κ3) is 5.39. The lowest BCUT2D eigenvalue weighted by Gasteiger charge is -2.23. The van der Waals surface area contributed by atoms with Crippen LogP contribution in [-0.2, 0) is 26.1 Å². The number of ether oxygens (including phenoxy) is 1. The Bertz CT molecular complexity index is 1280. The molecule has 1 aromatic heterocycles. The lowest BCUT2D eigenvalue weighted by atomic mass is 10.2. The number of sulfonamides is 1. The Morgan fingerprint density at radius 3 is 2.56 bits per heavy atom. The molecule has 0 bridgehead atoms. The number of methoxy groups -OCH3 is 1. The molecular formula is C22H29N5O6S. The summed E-state index contributed by atoms with van der Waals surface area (Å²) in [6.07, 6.45) is 4.03. The monoisotopic (exact) mass is 491 g/mol. The molecule has 11 nitrogen and oxygen atoms in total. The van der Waals surface area contributed by atoms with Gasteiger partial charge in [-0.2, -0.15) is 0 Å². The molecule has 2 heterocycles. The SMILES string of the molecule is CCCn1c(N)c(N(CCOC)C(=O)/C=C/c2ccc(N3CCCS3(=O)=O)cc2)c(=O)[nH]c1=O. The van der Waals surface area contributed by atoms with Crippen LogP contribution in [0.1, 0.15) is 25.3 Å². The van der Waals surface area contributed by atoms with E-state index in [1.165, 1.54) is 27.0 Å². The van der Waals surface area contributed by atoms with Gasteiger partial charge < -0.3 is 10.5 Å². The van der Waals surface area contributed by atoms with Gasteiger partial charge in [-0.05, 0) is 36.6 Å². The van der Waals surface area contributed by atoms with Crippen LogP contribution in [0.4, 0.5) is 17.2 Å². The first kappa shape index (κ1) is 25.2. The molecule has 3 rings (SSSR count). The van der Waals surface area contributed by atoms with Gasteiger partial charge in [0.2, 0.25) is 10.0 Å². The Morgan fingerprint density at radius 2 is 1.97 bits per heavy atom. The minimum absolute atomic E-state index is 0.0447. The zero-order chi connectivity index (χ0) is 24.9. The van der Waals surface area contributed by atoms with Crippen molar-refractivity contribution in [3.8, 4) is 0 Å². The summed E-state index contributed by atoms with van der Waals surface area (Å²) in [5, 5.41) is 0. The highest BCUT2D eigenvalue weighted by atomic mass is 32.2. The van der Waals surface area contributed by atoms with Crippen molar-refractivity contribution in [1.29, 1.82) is 0 Å². The minimum atomic E-state index is -3.27. The lowest BCUT2D eigenvalue weighted by Crippen LogP contribution is -2.42. The molecular weight excluding hydrogens is 462 g/mol. The summed E-state index contributed by atoms with van der Waals surface area (Å²) in [6, 6.07) is 6.77. The number of H-pyrrole nitrogens is 1. The van der Waals surface area contributed by atoms with Crippen molar-refractivity contribution in [3.05, 3.63) is 56.7 Å². The summed E-state index contributed by atoms with van der Waals surface area (Å²) in [5.74, 6) is -0.485. The van der Waals surface area contributed by atoms with Gasteiger partial charge in [0, 0.05) is 32.8 Å². The average Bonchev–Trinajstić information content (AvgIpc) is 3.16. The zero-order valence-corrected chi connectivity index (χ0v) is 20.0. The van der Waals surface area contributed by atoms with Crippen molar-refractivity contribution in [2.75, 3.05) is 47.5 Å². The summed E-state index contributed by atoms with van der Waals surface area (Å²) in [7, 11) is -1.81. The number of carbonyl (C=O) groups is 1. The van der Waals surface area contributed by atoms with E-state index in [0.717, 1.165) is 0 Å². The van der Waals surface area contributed by atoms with Crippen molar-refractivity contribution in [2.24, 2.45) is 0 Å². The molecule has 12 heteroatoms. The van der Waals surface area contributed by atoms with Crippen LogP contribution in [0.15, 0.2) is 39.9 Å². The highest BCUT2D eigenvalue weighted by molar-refractivity contribution is 7.93. The van der Waals surface area contributed by atoms with E-state index in [1.807, 2.05) is 6.92 Å². The predicted octanol–water partition coefficient (Wildman–Crippen LogP) is 0.762. The fourth-order valence-electron chi connectivity index (χ4n) is 3.74. The molecule has 1 aliphatic rings. The summed E-state index contributed by atoms with van der Waals surface area (Å²) in [4.78, 5) is 41.1. The molecule has 184 valence electrons. The van der Waals surface area contributed by atoms with E-state index >= 15 is 0 Å². The lowest BCUT2D eigenvalue weighted by molar-refractivity contribution is -0.114. The quantitative estimate of drug-likeness (QED) is 0.492. The van der Waals surface area contributed by atoms with Gasteiger partial charge in [-0.15, -0.1) is 0 Å². The van der Waals surface area contributed by atoms with Crippen molar-refractivity contribution >= 4 is 39.2 Å². The number of nitrogens with one attached hydrogen (secondary N) is 1. The molecule has 0 unspecified atom stereocenters. The van der Waals surface area contributed by atoms with Crippen LogP contribution in [-0.4, -0.2) is 56.4 Å². The van der Waals surface area contributed by atoms with E-state index in [0.29, 0.717) is 30.6 Å². The maximum atomic E-state index is 13.0. The van der Waals surface area contributed by atoms with Gasteiger partial charge in [0.15, 0.2) is 5.69 Å². The van der Waals surface area contributed by atoms with Crippen molar-refractivity contribution < 1.29 is 17.9 Å². The summed E-state index contributed by atoms with van der Waals surface area (Å²) >= 11 is 0. The van der Waals surface area contributed by atoms with Gasteiger partial charge in [0.25, 0.3) is 11.5 Å². The first-order valence-electron chi connectivity index (χ1n) is 10.9. The average molecular weight is 492 g/mol. The van der Waals surface area contributed by atoms with E-state index in [2.05, 4.69) is 4.98 Å². The van der Waals surface area contributed by atoms with E-state index in [-0.39, 0.29) is 37.0 Å². The summed E-state index contributed by atoms with van der Waals surface area (Å²) < 4.78 is 31.8. The Balaban J connectivity index is 1.88. The van der Waals surface area contributed by atoms with Gasteiger partial charge in [-0.25, -0.2) is 13.2 Å². The molecule has 1 saturated heterocycles. The normalized spacial score (nSPS) is 15.2. The van der Waals surface area contributed by atoms with Gasteiger partial charge in [-0.3, -0.25) is 28.3 Å². The van der Waals surface area contributed by atoms with Gasteiger partial charge in [0.1, 0.15) is 5.82 Å². The van der Waals surface area contributed by atoms with Gasteiger partial charge in [-0.1, -0.05) is 19.1 Å². The Labute approximate surface area is 197 Å². The third-order valence-electron chi connectivity index (χ3n) is 5.41. The maximum absolute atomic E-state index is 13.0.